The number of anilines is 1. The van der Waals surface area contributed by atoms with Gasteiger partial charge in [0.2, 0.25) is 12.7 Å². The number of nitrogens with one attached hydrogen (secondary N) is 2. The van der Waals surface area contributed by atoms with Crippen molar-refractivity contribution in [3.63, 3.8) is 0 Å². The second-order valence-corrected chi connectivity index (χ2v) is 7.24. The lowest BCUT2D eigenvalue weighted by Crippen LogP contribution is -2.46. The van der Waals surface area contributed by atoms with Crippen molar-refractivity contribution >= 4 is 39.3 Å². The average Bonchev–Trinajstić information content (AvgIpc) is 3.31. The van der Waals surface area contributed by atoms with Crippen molar-refractivity contribution in [3.8, 4) is 11.5 Å². The summed E-state index contributed by atoms with van der Waals surface area (Å²) in [4.78, 5) is 38.8. The number of fused-ring (bicyclic) bond motifs is 1. The quantitative estimate of drug-likeness (QED) is 0.556. The Morgan fingerprint density at radius 3 is 2.71 bits per heavy atom. The van der Waals surface area contributed by atoms with Gasteiger partial charge in [0, 0.05) is 22.3 Å². The van der Waals surface area contributed by atoms with Crippen molar-refractivity contribution in [3.05, 3.63) is 52.5 Å². The molecule has 2 aromatic rings. The normalized spacial score (nSPS) is 17.5. The molecule has 1 saturated heterocycles. The van der Waals surface area contributed by atoms with E-state index in [0.717, 1.165) is 10.2 Å². The Morgan fingerprint density at radius 1 is 1.07 bits per heavy atom. The maximum Gasteiger partial charge on any atom is 0.269 e. The topological polar surface area (TPSA) is 97.0 Å². The minimum Gasteiger partial charge on any atom is -0.454 e. The van der Waals surface area contributed by atoms with E-state index in [0.29, 0.717) is 30.0 Å². The summed E-state index contributed by atoms with van der Waals surface area (Å²) in [7, 11) is 0. The first-order valence-corrected chi connectivity index (χ1v) is 9.39. The van der Waals surface area contributed by atoms with Gasteiger partial charge in [-0.1, -0.05) is 22.0 Å². The number of amides is 3. The van der Waals surface area contributed by atoms with Crippen molar-refractivity contribution in [1.29, 1.82) is 0 Å². The van der Waals surface area contributed by atoms with E-state index in [1.165, 1.54) is 6.07 Å². The molecular formula is C19H16BrN3O5. The lowest BCUT2D eigenvalue weighted by molar-refractivity contribution is -0.132. The van der Waals surface area contributed by atoms with Crippen molar-refractivity contribution < 1.29 is 23.9 Å². The summed E-state index contributed by atoms with van der Waals surface area (Å²) in [5, 5.41) is 0. The van der Waals surface area contributed by atoms with Gasteiger partial charge in [0.05, 0.1) is 0 Å². The molecule has 0 aromatic heterocycles. The number of nitrogens with zero attached hydrogens (tertiary/aromatic N) is 1. The van der Waals surface area contributed by atoms with Gasteiger partial charge in [-0.05, 0) is 42.8 Å². The molecule has 8 nitrogen and oxygen atoms in total. The molecule has 9 heteroatoms. The van der Waals surface area contributed by atoms with Gasteiger partial charge in [0.1, 0.15) is 5.92 Å². The predicted octanol–water partition coefficient (Wildman–Crippen LogP) is 1.99. The van der Waals surface area contributed by atoms with E-state index in [9.17, 15) is 14.4 Å². The minimum atomic E-state index is -0.851. The molecule has 0 saturated carbocycles. The molecule has 4 rings (SSSR count). The molecule has 28 heavy (non-hydrogen) atoms. The summed E-state index contributed by atoms with van der Waals surface area (Å²) in [6.07, 6.45) is 0.372. The molecule has 0 aliphatic carbocycles. The maximum atomic E-state index is 12.6. The van der Waals surface area contributed by atoms with E-state index < -0.39 is 17.7 Å². The van der Waals surface area contributed by atoms with Gasteiger partial charge in [0.25, 0.3) is 11.8 Å². The van der Waals surface area contributed by atoms with Crippen molar-refractivity contribution in [2.75, 3.05) is 18.2 Å². The van der Waals surface area contributed by atoms with E-state index in [2.05, 4.69) is 26.8 Å². The van der Waals surface area contributed by atoms with E-state index in [4.69, 9.17) is 9.47 Å². The number of carbonyl (C=O) groups excluding carboxylic acids is 3. The summed E-state index contributed by atoms with van der Waals surface area (Å²) in [6, 6.07) is 12.0. The number of hydrogen-bond acceptors (Lipinski definition) is 5. The van der Waals surface area contributed by atoms with Crippen molar-refractivity contribution in [2.45, 2.75) is 6.42 Å². The zero-order valence-electron chi connectivity index (χ0n) is 14.6. The number of halogens is 1. The number of ether oxygens (including phenoxy) is 2. The first-order valence-electron chi connectivity index (χ1n) is 8.60. The van der Waals surface area contributed by atoms with Gasteiger partial charge in [-0.25, -0.2) is 0 Å². The van der Waals surface area contributed by atoms with E-state index >= 15 is 0 Å². The average molecular weight is 446 g/mol. The van der Waals surface area contributed by atoms with Gasteiger partial charge in [0.15, 0.2) is 11.5 Å². The van der Waals surface area contributed by atoms with E-state index in [-0.39, 0.29) is 12.7 Å². The number of carbonyl (C=O) groups is 3. The third-order valence-electron chi connectivity index (χ3n) is 4.58. The molecule has 2 heterocycles. The fraction of sp³-hybridized carbons (Fsp3) is 0.211. The Labute approximate surface area is 168 Å². The molecule has 0 spiro atoms. The smallest absolute Gasteiger partial charge is 0.269 e. The standard InChI is InChI=1S/C19H16BrN3O5/c20-12-2-1-3-13(9-12)23-7-6-14(19(23)26)18(25)22-21-17(24)11-4-5-15-16(8-11)28-10-27-15/h1-5,8-9,14H,6-7,10H2,(H,21,24)(H,22,25)/t14-/m1/s1. The fourth-order valence-corrected chi connectivity index (χ4v) is 3.53. The number of hydrogen-bond donors (Lipinski definition) is 2. The molecule has 2 aromatic carbocycles. The second-order valence-electron chi connectivity index (χ2n) is 6.32. The van der Waals surface area contributed by atoms with Crippen LogP contribution in [0, 0.1) is 5.92 Å². The largest absolute Gasteiger partial charge is 0.454 e. The molecule has 2 aliphatic rings. The highest BCUT2D eigenvalue weighted by Crippen LogP contribution is 2.32. The van der Waals surface area contributed by atoms with Gasteiger partial charge >= 0.3 is 0 Å². The summed E-state index contributed by atoms with van der Waals surface area (Å²) in [5.41, 5.74) is 5.70. The minimum absolute atomic E-state index is 0.107. The molecule has 2 aliphatic heterocycles. The number of rotatable bonds is 3. The van der Waals surface area contributed by atoms with Gasteiger partial charge in [-0.2, -0.15) is 0 Å². The zero-order valence-corrected chi connectivity index (χ0v) is 16.2. The fourth-order valence-electron chi connectivity index (χ4n) is 3.14. The Morgan fingerprint density at radius 2 is 1.89 bits per heavy atom. The molecule has 0 unspecified atom stereocenters. The Bertz CT molecular complexity index is 964. The lowest BCUT2D eigenvalue weighted by Gasteiger charge is -2.17. The van der Waals surface area contributed by atoms with Crippen LogP contribution in [0.15, 0.2) is 46.9 Å². The summed E-state index contributed by atoms with van der Waals surface area (Å²) in [5.74, 6) is -1.18. The van der Waals surface area contributed by atoms with Gasteiger partial charge in [-0.15, -0.1) is 0 Å². The van der Waals surface area contributed by atoms with Crippen LogP contribution >= 0.6 is 15.9 Å². The molecule has 3 amide bonds. The van der Waals surface area contributed by atoms with Crippen LogP contribution in [-0.2, 0) is 9.59 Å². The highest BCUT2D eigenvalue weighted by molar-refractivity contribution is 9.10. The molecule has 1 fully saturated rings. The molecule has 0 bridgehead atoms. The number of benzene rings is 2. The van der Waals surface area contributed by atoms with Crippen LogP contribution in [0.5, 0.6) is 11.5 Å². The second kappa shape index (κ2) is 7.51. The van der Waals surface area contributed by atoms with E-state index in [1.54, 1.807) is 17.0 Å². The summed E-state index contributed by atoms with van der Waals surface area (Å²) >= 11 is 3.37. The van der Waals surface area contributed by atoms with Crippen LogP contribution in [-0.4, -0.2) is 31.1 Å². The van der Waals surface area contributed by atoms with Crippen molar-refractivity contribution in [2.24, 2.45) is 5.92 Å². The number of hydrazine groups is 1. The highest BCUT2D eigenvalue weighted by atomic mass is 79.9. The molecule has 1 atom stereocenters. The molecule has 144 valence electrons. The van der Waals surface area contributed by atoms with Gasteiger partial charge < -0.3 is 14.4 Å². The van der Waals surface area contributed by atoms with Crippen molar-refractivity contribution in [1.82, 2.24) is 10.9 Å². The maximum absolute atomic E-state index is 12.6. The Hall–Kier alpha value is -3.07. The third-order valence-corrected chi connectivity index (χ3v) is 5.07. The summed E-state index contributed by atoms with van der Waals surface area (Å²) < 4.78 is 11.3. The van der Waals surface area contributed by atoms with Crippen LogP contribution in [0.1, 0.15) is 16.8 Å². The summed E-state index contributed by atoms with van der Waals surface area (Å²) in [6.45, 7) is 0.541. The predicted molar refractivity (Wildman–Crippen MR) is 103 cm³/mol. The zero-order chi connectivity index (χ0) is 19.7. The highest BCUT2D eigenvalue weighted by Gasteiger charge is 2.37. The van der Waals surface area contributed by atoms with Crippen LogP contribution in [0.25, 0.3) is 0 Å². The molecule has 2 N–H and O–H groups in total. The van der Waals surface area contributed by atoms with E-state index in [1.807, 2.05) is 24.3 Å². The van der Waals surface area contributed by atoms with Gasteiger partial charge in [-0.3, -0.25) is 25.2 Å². The SMILES string of the molecule is O=C(NNC(=O)[C@H]1CCN(c2cccc(Br)c2)C1=O)c1ccc2c(c1)OCO2. The Kier molecular flexibility index (Phi) is 4.91. The van der Waals surface area contributed by atoms with Crippen LogP contribution in [0.2, 0.25) is 0 Å². The van der Waals surface area contributed by atoms with Crippen LogP contribution in [0.3, 0.4) is 0 Å². The first-order chi connectivity index (χ1) is 13.5. The van der Waals surface area contributed by atoms with Crippen LogP contribution in [0.4, 0.5) is 5.69 Å². The monoisotopic (exact) mass is 445 g/mol. The lowest BCUT2D eigenvalue weighted by atomic mass is 10.1. The third kappa shape index (κ3) is 3.53. The Balaban J connectivity index is 1.36. The molecule has 0 radical (unpaired) electrons. The van der Waals surface area contributed by atoms with Crippen LogP contribution < -0.4 is 25.2 Å². The first kappa shape index (κ1) is 18.3. The molecular weight excluding hydrogens is 430 g/mol.